The number of ether oxygens (including phenoxy) is 2. The molecule has 5 atom stereocenters. The molecular weight excluding hydrogens is 695 g/mol. The van der Waals surface area contributed by atoms with Crippen LogP contribution in [0.5, 0.6) is 5.75 Å². The summed E-state index contributed by atoms with van der Waals surface area (Å²) in [6.07, 6.45) is 4.69. The zero-order valence-corrected chi connectivity index (χ0v) is 32.2. The second kappa shape index (κ2) is 15.2. The highest BCUT2D eigenvalue weighted by Gasteiger charge is 2.66. The molecule has 2 aliphatic rings. The number of aliphatic hydroxyl groups is 1. The Kier molecular flexibility index (Phi) is 10.4. The van der Waals surface area contributed by atoms with Crippen LogP contribution in [0.1, 0.15) is 36.1 Å². The monoisotopic (exact) mass is 741 g/mol. The number of aliphatic hydroxyl groups excluding tert-OH is 1. The minimum absolute atomic E-state index is 0.00355. The van der Waals surface area contributed by atoms with Crippen LogP contribution >= 0.6 is 0 Å². The number of hydrogen-bond donors (Lipinski definition) is 1. The maximum absolute atomic E-state index is 15.0. The van der Waals surface area contributed by atoms with Gasteiger partial charge in [-0.1, -0.05) is 97.2 Å². The van der Waals surface area contributed by atoms with E-state index < -0.39 is 13.7 Å². The van der Waals surface area contributed by atoms with Crippen LogP contribution in [0.2, 0.25) is 18.6 Å². The average molecular weight is 742 g/mol. The van der Waals surface area contributed by atoms with Crippen molar-refractivity contribution in [3.05, 3.63) is 139 Å². The summed E-state index contributed by atoms with van der Waals surface area (Å²) in [6, 6.07) is 33.3. The number of aromatic nitrogens is 3. The van der Waals surface area contributed by atoms with Crippen LogP contribution in [-0.4, -0.2) is 66.9 Å². The number of aryl methyl sites for hydroxylation is 1. The fourth-order valence-electron chi connectivity index (χ4n) is 8.79. The van der Waals surface area contributed by atoms with Crippen molar-refractivity contribution in [1.82, 2.24) is 15.0 Å². The molecule has 1 aromatic heterocycles. The smallest absolute Gasteiger partial charge is 0.264 e. The molecule has 3 heterocycles. The molecule has 1 saturated heterocycles. The summed E-state index contributed by atoms with van der Waals surface area (Å²) in [7, 11) is -0.740. The van der Waals surface area contributed by atoms with Gasteiger partial charge in [0.05, 0.1) is 45.2 Å². The molecule has 0 bridgehead atoms. The molecule has 11 heteroatoms. The Hall–Kier alpha value is -5.36. The van der Waals surface area contributed by atoms with E-state index in [1.165, 1.54) is 5.19 Å². The molecule has 1 N–H and O–H groups in total. The summed E-state index contributed by atoms with van der Waals surface area (Å²) in [6.45, 7) is 11.6. The lowest BCUT2D eigenvalue weighted by atomic mass is 9.82. The van der Waals surface area contributed by atoms with Crippen molar-refractivity contribution < 1.29 is 24.2 Å². The summed E-state index contributed by atoms with van der Waals surface area (Å²) in [4.78, 5) is 30.9. The Bertz CT molecular complexity index is 2110. The van der Waals surface area contributed by atoms with Crippen LogP contribution < -0.4 is 19.7 Å². The number of fused-ring (bicyclic) bond motifs is 2. The molecule has 278 valence electrons. The summed E-state index contributed by atoms with van der Waals surface area (Å²) in [5, 5.41) is 20.5. The molecule has 4 aromatic carbocycles. The molecule has 7 rings (SSSR count). The first-order valence-electron chi connectivity index (χ1n) is 18.4. The number of carbonyl (C=O) groups is 2. The van der Waals surface area contributed by atoms with Crippen molar-refractivity contribution in [2.75, 3.05) is 30.1 Å². The van der Waals surface area contributed by atoms with E-state index in [-0.39, 0.29) is 36.0 Å². The Labute approximate surface area is 317 Å². The molecule has 0 radical (unpaired) electrons. The lowest BCUT2D eigenvalue weighted by molar-refractivity contribution is -0.145. The van der Waals surface area contributed by atoms with Gasteiger partial charge in [-0.05, 0) is 60.0 Å². The number of benzene rings is 4. The van der Waals surface area contributed by atoms with Gasteiger partial charge in [0.15, 0.2) is 5.60 Å². The van der Waals surface area contributed by atoms with E-state index >= 15 is 0 Å². The fraction of sp³-hybridized carbons (Fsp3) is 0.302. The average Bonchev–Trinajstić information content (AvgIpc) is 3.86. The van der Waals surface area contributed by atoms with Gasteiger partial charge in [-0.15, -0.1) is 11.7 Å². The molecule has 54 heavy (non-hydrogen) atoms. The maximum Gasteiger partial charge on any atom is 0.264 e. The highest BCUT2D eigenvalue weighted by atomic mass is 28.3. The first-order chi connectivity index (χ1) is 26.2. The minimum Gasteiger partial charge on any atom is -0.497 e. The second-order valence-electron chi connectivity index (χ2n) is 14.7. The molecule has 10 nitrogen and oxygen atoms in total. The summed E-state index contributed by atoms with van der Waals surface area (Å²) in [5.74, 6) is 0.145. The molecule has 1 unspecified atom stereocenters. The Balaban J connectivity index is 1.29. The summed E-state index contributed by atoms with van der Waals surface area (Å²) >= 11 is 0. The highest BCUT2D eigenvalue weighted by Crippen LogP contribution is 2.60. The van der Waals surface area contributed by atoms with Gasteiger partial charge in [0.1, 0.15) is 5.75 Å². The van der Waals surface area contributed by atoms with Crippen molar-refractivity contribution in [2.24, 2.45) is 5.92 Å². The van der Waals surface area contributed by atoms with E-state index in [1.54, 1.807) is 23.0 Å². The predicted octanol–water partition coefficient (Wildman–Crippen LogP) is 6.54. The third-order valence-corrected chi connectivity index (χ3v) is 15.8. The largest absolute Gasteiger partial charge is 0.497 e. The number of amides is 2. The number of methoxy groups -OCH3 is 1. The molecule has 0 saturated carbocycles. The van der Waals surface area contributed by atoms with E-state index in [0.29, 0.717) is 30.9 Å². The van der Waals surface area contributed by atoms with E-state index in [4.69, 9.17) is 9.47 Å². The zero-order chi connectivity index (χ0) is 38.0. The first-order valence-corrected chi connectivity index (χ1v) is 21.5. The van der Waals surface area contributed by atoms with Gasteiger partial charge >= 0.3 is 0 Å². The Morgan fingerprint density at radius 3 is 2.37 bits per heavy atom. The zero-order valence-electron chi connectivity index (χ0n) is 31.2. The Morgan fingerprint density at radius 1 is 1.02 bits per heavy atom. The lowest BCUT2D eigenvalue weighted by Crippen LogP contribution is -2.52. The summed E-state index contributed by atoms with van der Waals surface area (Å²) < 4.78 is 14.6. The molecule has 0 aliphatic carbocycles. The van der Waals surface area contributed by atoms with Crippen molar-refractivity contribution in [1.29, 1.82) is 0 Å². The standard InChI is InChI=1S/C43H47N5O5Si/c1-6-24-47-39-22-17-33(48(29-50)32-15-11-8-12-16-32)26-37(39)43(42(47)51)30(2)41(54(4,5)35-20-18-34(52-3)19-21-35)40(53-43)23-25-46-27-38(44-45-46)36(28-49)31-13-9-7-10-14-31/h6-22,26-27,29-30,36,40-41,49H,1,23-25,28H2,2-5H3/t30-,36?,40+,41-,43+/m1/s1. The highest BCUT2D eigenvalue weighted by molar-refractivity contribution is 6.91. The fourth-order valence-corrected chi connectivity index (χ4v) is 12.8. The molecule has 1 fully saturated rings. The first kappa shape index (κ1) is 37.0. The Morgan fingerprint density at radius 2 is 1.72 bits per heavy atom. The van der Waals surface area contributed by atoms with Crippen molar-refractivity contribution in [2.45, 2.75) is 56.1 Å². The van der Waals surface area contributed by atoms with Gasteiger partial charge < -0.3 is 19.5 Å². The minimum atomic E-state index is -2.41. The third kappa shape index (κ3) is 6.35. The number of anilines is 3. The molecule has 2 aliphatic heterocycles. The van der Waals surface area contributed by atoms with Crippen LogP contribution in [0.3, 0.4) is 0 Å². The molecule has 1 spiro atoms. The van der Waals surface area contributed by atoms with Crippen LogP contribution in [-0.2, 0) is 26.5 Å². The predicted molar refractivity (Wildman–Crippen MR) is 213 cm³/mol. The second-order valence-corrected chi connectivity index (χ2v) is 19.4. The van der Waals surface area contributed by atoms with Crippen molar-refractivity contribution >= 4 is 42.6 Å². The van der Waals surface area contributed by atoms with Crippen LogP contribution in [0.4, 0.5) is 17.1 Å². The van der Waals surface area contributed by atoms with Gasteiger partial charge in [0.2, 0.25) is 6.41 Å². The van der Waals surface area contributed by atoms with Gasteiger partial charge in [0, 0.05) is 42.1 Å². The van der Waals surface area contributed by atoms with Gasteiger partial charge in [-0.25, -0.2) is 0 Å². The number of hydrogen-bond acceptors (Lipinski definition) is 7. The number of rotatable bonds is 14. The molecular formula is C43H47N5O5Si. The number of para-hydroxylation sites is 1. The van der Waals surface area contributed by atoms with Crippen LogP contribution in [0.15, 0.2) is 122 Å². The maximum atomic E-state index is 15.0. The molecule has 5 aromatic rings. The topological polar surface area (TPSA) is 110 Å². The van der Waals surface area contributed by atoms with E-state index in [2.05, 4.69) is 49.0 Å². The quantitative estimate of drug-likeness (QED) is 0.0782. The number of carbonyl (C=O) groups excluding carboxylic acids is 2. The van der Waals surface area contributed by atoms with Crippen LogP contribution in [0.25, 0.3) is 0 Å². The van der Waals surface area contributed by atoms with Gasteiger partial charge in [0.25, 0.3) is 5.91 Å². The number of nitrogens with zero attached hydrogens (tertiary/aromatic N) is 5. The summed E-state index contributed by atoms with van der Waals surface area (Å²) in [5.41, 5.74) is 3.25. The van der Waals surface area contributed by atoms with Gasteiger partial charge in [-0.3, -0.25) is 19.2 Å². The van der Waals surface area contributed by atoms with Crippen molar-refractivity contribution in [3.63, 3.8) is 0 Å². The lowest BCUT2D eigenvalue weighted by Gasteiger charge is -2.37. The van der Waals surface area contributed by atoms with E-state index in [0.717, 1.165) is 34.7 Å². The SMILES string of the molecule is C=CCN1C(=O)[C@@]2(O[C@@H](CCn3cc(C(CO)c4ccccc4)nn3)[C@H]([Si](C)(C)c3ccc(OC)cc3)[C@H]2C)c2cc(N(C=O)c3ccccc3)ccc21. The molecule has 2 amide bonds. The van der Waals surface area contributed by atoms with Crippen LogP contribution in [0, 0.1) is 5.92 Å². The van der Waals surface area contributed by atoms with E-state index in [1.807, 2.05) is 102 Å². The van der Waals surface area contributed by atoms with E-state index in [9.17, 15) is 14.7 Å². The normalized spacial score (nSPS) is 21.2. The van der Waals surface area contributed by atoms with Gasteiger partial charge in [-0.2, -0.15) is 0 Å². The van der Waals surface area contributed by atoms with Crippen molar-refractivity contribution in [3.8, 4) is 5.75 Å². The third-order valence-electron chi connectivity index (χ3n) is 11.5.